The van der Waals surface area contributed by atoms with Gasteiger partial charge in [0.15, 0.2) is 0 Å². The summed E-state index contributed by atoms with van der Waals surface area (Å²) in [4.78, 5) is 12.1. The smallest absolute Gasteiger partial charge is 0.241 e. The molecular weight excluding hydrogens is 280 g/mol. The Kier molecular flexibility index (Phi) is 5.23. The fourth-order valence-corrected chi connectivity index (χ4v) is 2.25. The van der Waals surface area contributed by atoms with E-state index >= 15 is 0 Å². The molecule has 5 nitrogen and oxygen atoms in total. The van der Waals surface area contributed by atoms with Crippen LogP contribution in [0.1, 0.15) is 19.8 Å². The van der Waals surface area contributed by atoms with Gasteiger partial charge >= 0.3 is 0 Å². The van der Waals surface area contributed by atoms with Gasteiger partial charge in [0.1, 0.15) is 5.75 Å². The zero-order chi connectivity index (χ0) is 14.5. The highest BCUT2D eigenvalue weighted by atomic mass is 35.5. The predicted octanol–water partition coefficient (Wildman–Crippen LogP) is 1.79. The zero-order valence-corrected chi connectivity index (χ0v) is 12.1. The summed E-state index contributed by atoms with van der Waals surface area (Å²) in [5, 5.41) is 15.7. The Morgan fingerprint density at radius 2 is 2.40 bits per heavy atom. The lowest BCUT2D eigenvalue weighted by molar-refractivity contribution is -0.117. The molecule has 2 atom stereocenters. The Labute approximate surface area is 123 Å². The van der Waals surface area contributed by atoms with E-state index in [1.165, 1.54) is 0 Å². The minimum atomic E-state index is -0.471. The minimum absolute atomic E-state index is 0.190. The van der Waals surface area contributed by atoms with Crippen molar-refractivity contribution in [2.24, 2.45) is 0 Å². The van der Waals surface area contributed by atoms with Crippen LogP contribution in [0.2, 0.25) is 5.02 Å². The van der Waals surface area contributed by atoms with Crippen molar-refractivity contribution < 1.29 is 14.6 Å². The summed E-state index contributed by atoms with van der Waals surface area (Å²) in [5.41, 5.74) is 0.555. The van der Waals surface area contributed by atoms with Gasteiger partial charge in [0, 0.05) is 11.6 Å². The SMILES string of the molecule is CCCOc1ccc(Cl)cc1NC(=O)C1CC(O)CN1. The summed E-state index contributed by atoms with van der Waals surface area (Å²) in [7, 11) is 0. The highest BCUT2D eigenvalue weighted by molar-refractivity contribution is 6.31. The lowest BCUT2D eigenvalue weighted by Gasteiger charge is -2.15. The van der Waals surface area contributed by atoms with Crippen LogP contribution in [-0.4, -0.2) is 36.3 Å². The molecule has 1 amide bonds. The number of aliphatic hydroxyl groups is 1. The Morgan fingerprint density at radius 3 is 3.05 bits per heavy atom. The number of benzene rings is 1. The molecule has 2 unspecified atom stereocenters. The molecule has 1 aromatic rings. The first kappa shape index (κ1) is 15.1. The van der Waals surface area contributed by atoms with Crippen LogP contribution in [0.4, 0.5) is 5.69 Å². The molecule has 1 fully saturated rings. The zero-order valence-electron chi connectivity index (χ0n) is 11.4. The lowest BCUT2D eigenvalue weighted by Crippen LogP contribution is -2.35. The number of carbonyl (C=O) groups excluding carboxylic acids is 1. The van der Waals surface area contributed by atoms with Crippen LogP contribution < -0.4 is 15.4 Å². The Balaban J connectivity index is 2.07. The molecule has 0 bridgehead atoms. The van der Waals surface area contributed by atoms with E-state index < -0.39 is 6.10 Å². The van der Waals surface area contributed by atoms with Crippen LogP contribution >= 0.6 is 11.6 Å². The van der Waals surface area contributed by atoms with E-state index in [4.69, 9.17) is 16.3 Å². The number of β-amino-alcohol motifs (C(OH)–C–C–N with tert-alkyl or cyclic N) is 1. The van der Waals surface area contributed by atoms with E-state index in [1.807, 2.05) is 6.92 Å². The van der Waals surface area contributed by atoms with Crippen LogP contribution in [0.15, 0.2) is 18.2 Å². The van der Waals surface area contributed by atoms with Crippen molar-refractivity contribution >= 4 is 23.2 Å². The second-order valence-corrected chi connectivity index (χ2v) is 5.26. The molecule has 1 saturated heterocycles. The van der Waals surface area contributed by atoms with Gasteiger partial charge in [-0.2, -0.15) is 0 Å². The van der Waals surface area contributed by atoms with Gasteiger partial charge in [0.2, 0.25) is 5.91 Å². The minimum Gasteiger partial charge on any atom is -0.491 e. The summed E-state index contributed by atoms with van der Waals surface area (Å²) in [6.45, 7) is 3.02. The van der Waals surface area contributed by atoms with Crippen LogP contribution in [0, 0.1) is 0 Å². The summed E-state index contributed by atoms with van der Waals surface area (Å²) in [5.74, 6) is 0.410. The molecule has 1 aliphatic rings. The van der Waals surface area contributed by atoms with Crippen molar-refractivity contribution in [1.82, 2.24) is 5.32 Å². The number of amides is 1. The second kappa shape index (κ2) is 6.92. The largest absolute Gasteiger partial charge is 0.491 e. The molecule has 0 radical (unpaired) electrons. The number of carbonyl (C=O) groups is 1. The third kappa shape index (κ3) is 3.85. The molecule has 110 valence electrons. The quantitative estimate of drug-likeness (QED) is 0.775. The fraction of sp³-hybridized carbons (Fsp3) is 0.500. The topological polar surface area (TPSA) is 70.6 Å². The third-order valence-electron chi connectivity index (χ3n) is 3.09. The Bertz CT molecular complexity index is 481. The maximum atomic E-state index is 12.1. The molecule has 3 N–H and O–H groups in total. The average Bonchev–Trinajstić information content (AvgIpc) is 2.85. The average molecular weight is 299 g/mol. The highest BCUT2D eigenvalue weighted by Gasteiger charge is 2.28. The molecule has 0 aliphatic carbocycles. The van der Waals surface area contributed by atoms with Gasteiger partial charge in [-0.1, -0.05) is 18.5 Å². The van der Waals surface area contributed by atoms with Crippen LogP contribution in [-0.2, 0) is 4.79 Å². The monoisotopic (exact) mass is 298 g/mol. The maximum absolute atomic E-state index is 12.1. The summed E-state index contributed by atoms with van der Waals surface area (Å²) >= 11 is 5.95. The standard InChI is InChI=1S/C14H19ClN2O3/c1-2-5-20-13-4-3-9(15)6-11(13)17-14(19)12-7-10(18)8-16-12/h3-4,6,10,12,16,18H,2,5,7-8H2,1H3,(H,17,19). The van der Waals surface area contributed by atoms with Gasteiger partial charge < -0.3 is 20.5 Å². The molecule has 20 heavy (non-hydrogen) atoms. The molecule has 0 aromatic heterocycles. The number of hydrogen-bond acceptors (Lipinski definition) is 4. The van der Waals surface area contributed by atoms with E-state index in [9.17, 15) is 9.90 Å². The Hall–Kier alpha value is -1.30. The van der Waals surface area contributed by atoms with Gasteiger partial charge in [-0.25, -0.2) is 0 Å². The first-order chi connectivity index (χ1) is 9.60. The molecule has 2 rings (SSSR count). The van der Waals surface area contributed by atoms with E-state index in [0.717, 1.165) is 6.42 Å². The Morgan fingerprint density at radius 1 is 1.60 bits per heavy atom. The fourth-order valence-electron chi connectivity index (χ4n) is 2.07. The highest BCUT2D eigenvalue weighted by Crippen LogP contribution is 2.28. The van der Waals surface area contributed by atoms with Gasteiger partial charge in [-0.3, -0.25) is 4.79 Å². The van der Waals surface area contributed by atoms with Crippen molar-refractivity contribution in [2.75, 3.05) is 18.5 Å². The van der Waals surface area contributed by atoms with Crippen molar-refractivity contribution in [3.05, 3.63) is 23.2 Å². The third-order valence-corrected chi connectivity index (χ3v) is 3.32. The van der Waals surface area contributed by atoms with Crippen molar-refractivity contribution in [2.45, 2.75) is 31.9 Å². The van der Waals surface area contributed by atoms with E-state index in [1.54, 1.807) is 18.2 Å². The number of anilines is 1. The number of rotatable bonds is 5. The number of halogens is 1. The number of nitrogens with one attached hydrogen (secondary N) is 2. The van der Waals surface area contributed by atoms with Crippen molar-refractivity contribution in [1.29, 1.82) is 0 Å². The van der Waals surface area contributed by atoms with E-state index in [0.29, 0.717) is 36.0 Å². The summed E-state index contributed by atoms with van der Waals surface area (Å²) < 4.78 is 5.58. The van der Waals surface area contributed by atoms with Crippen LogP contribution in [0.25, 0.3) is 0 Å². The van der Waals surface area contributed by atoms with Gasteiger partial charge in [0.25, 0.3) is 0 Å². The molecule has 1 aromatic carbocycles. The summed E-state index contributed by atoms with van der Waals surface area (Å²) in [6, 6.07) is 4.74. The van der Waals surface area contributed by atoms with Gasteiger partial charge in [-0.05, 0) is 31.0 Å². The first-order valence-corrected chi connectivity index (χ1v) is 7.12. The number of hydrogen-bond donors (Lipinski definition) is 3. The van der Waals surface area contributed by atoms with Crippen molar-refractivity contribution in [3.8, 4) is 5.75 Å². The summed E-state index contributed by atoms with van der Waals surface area (Å²) in [6.07, 6.45) is 0.824. The van der Waals surface area contributed by atoms with Gasteiger partial charge in [-0.15, -0.1) is 0 Å². The van der Waals surface area contributed by atoms with E-state index in [-0.39, 0.29) is 11.9 Å². The molecular formula is C14H19ClN2O3. The number of aliphatic hydroxyl groups excluding tert-OH is 1. The molecule has 6 heteroatoms. The van der Waals surface area contributed by atoms with Crippen molar-refractivity contribution in [3.63, 3.8) is 0 Å². The number of ether oxygens (including phenoxy) is 1. The molecule has 1 aliphatic heterocycles. The van der Waals surface area contributed by atoms with E-state index in [2.05, 4.69) is 10.6 Å². The molecule has 0 spiro atoms. The molecule has 0 saturated carbocycles. The lowest BCUT2D eigenvalue weighted by atomic mass is 10.2. The predicted molar refractivity (Wildman–Crippen MR) is 78.3 cm³/mol. The van der Waals surface area contributed by atoms with Crippen LogP contribution in [0.3, 0.4) is 0 Å². The normalized spacial score (nSPS) is 21.8. The first-order valence-electron chi connectivity index (χ1n) is 6.74. The second-order valence-electron chi connectivity index (χ2n) is 4.83. The maximum Gasteiger partial charge on any atom is 0.241 e. The molecule has 1 heterocycles. The van der Waals surface area contributed by atoms with Crippen LogP contribution in [0.5, 0.6) is 5.75 Å². The van der Waals surface area contributed by atoms with Gasteiger partial charge in [0.05, 0.1) is 24.4 Å².